The number of nitrogens with one attached hydrogen (secondary N) is 2. The van der Waals surface area contributed by atoms with Crippen LogP contribution in [0.5, 0.6) is 0 Å². The molecular weight excluding hydrogens is 344 g/mol. The van der Waals surface area contributed by atoms with Gasteiger partial charge in [0.15, 0.2) is 0 Å². The molecule has 2 N–H and O–H groups in total. The molecule has 0 aromatic heterocycles. The van der Waals surface area contributed by atoms with Crippen molar-refractivity contribution in [3.05, 3.63) is 0 Å². The van der Waals surface area contributed by atoms with Crippen LogP contribution in [0.25, 0.3) is 0 Å². The van der Waals surface area contributed by atoms with Crippen molar-refractivity contribution in [3.8, 4) is 12.3 Å². The molecule has 0 spiro atoms. The van der Waals surface area contributed by atoms with E-state index in [4.69, 9.17) is 15.9 Å². The zero-order valence-corrected chi connectivity index (χ0v) is 16.7. The second-order valence-corrected chi connectivity index (χ2v) is 7.75. The van der Waals surface area contributed by atoms with Crippen LogP contribution >= 0.6 is 0 Å². The normalized spacial score (nSPS) is 30.9. The SMILES string of the molecule is C#CCNC(=O)C1CCCCC1NC(=O)CCC1CCC(OC)C(OC)C1. The molecule has 0 aliphatic heterocycles. The van der Waals surface area contributed by atoms with Crippen molar-refractivity contribution in [1.29, 1.82) is 0 Å². The van der Waals surface area contributed by atoms with E-state index >= 15 is 0 Å². The van der Waals surface area contributed by atoms with Gasteiger partial charge in [-0.05, 0) is 44.4 Å². The van der Waals surface area contributed by atoms with Crippen molar-refractivity contribution < 1.29 is 19.1 Å². The van der Waals surface area contributed by atoms with Crippen LogP contribution in [0.4, 0.5) is 0 Å². The van der Waals surface area contributed by atoms with Crippen molar-refractivity contribution in [2.24, 2.45) is 11.8 Å². The Bertz CT molecular complexity index is 531. The number of amides is 2. The fourth-order valence-electron chi connectivity index (χ4n) is 4.46. The lowest BCUT2D eigenvalue weighted by atomic mass is 9.82. The van der Waals surface area contributed by atoms with Gasteiger partial charge in [-0.1, -0.05) is 18.8 Å². The lowest BCUT2D eigenvalue weighted by Crippen LogP contribution is -2.48. The third kappa shape index (κ3) is 6.51. The first kappa shape index (κ1) is 21.7. The Kier molecular flexibility index (Phi) is 9.09. The van der Waals surface area contributed by atoms with E-state index in [0.717, 1.165) is 51.4 Å². The monoisotopic (exact) mass is 378 g/mol. The predicted octanol–water partition coefficient (Wildman–Crippen LogP) is 2.02. The number of ether oxygens (including phenoxy) is 2. The molecule has 152 valence electrons. The minimum Gasteiger partial charge on any atom is -0.379 e. The lowest BCUT2D eigenvalue weighted by molar-refractivity contribution is -0.128. The molecule has 0 bridgehead atoms. The van der Waals surface area contributed by atoms with Gasteiger partial charge in [0.2, 0.25) is 11.8 Å². The zero-order valence-electron chi connectivity index (χ0n) is 16.7. The lowest BCUT2D eigenvalue weighted by Gasteiger charge is -2.34. The molecule has 2 saturated carbocycles. The van der Waals surface area contributed by atoms with Gasteiger partial charge in [0.25, 0.3) is 0 Å². The summed E-state index contributed by atoms with van der Waals surface area (Å²) < 4.78 is 11.0. The number of methoxy groups -OCH3 is 2. The summed E-state index contributed by atoms with van der Waals surface area (Å²) in [6.07, 6.45) is 13.5. The first-order valence-corrected chi connectivity index (χ1v) is 10.1. The number of hydrogen-bond donors (Lipinski definition) is 2. The summed E-state index contributed by atoms with van der Waals surface area (Å²) in [7, 11) is 3.45. The summed E-state index contributed by atoms with van der Waals surface area (Å²) in [5.41, 5.74) is 0. The zero-order chi connectivity index (χ0) is 19.6. The average molecular weight is 379 g/mol. The van der Waals surface area contributed by atoms with Gasteiger partial charge in [0.1, 0.15) is 0 Å². The highest BCUT2D eigenvalue weighted by Gasteiger charge is 2.33. The first-order valence-electron chi connectivity index (χ1n) is 10.1. The molecule has 5 atom stereocenters. The Morgan fingerprint density at radius 2 is 1.81 bits per heavy atom. The van der Waals surface area contributed by atoms with Crippen molar-refractivity contribution in [3.63, 3.8) is 0 Å². The molecule has 6 heteroatoms. The molecule has 27 heavy (non-hydrogen) atoms. The van der Waals surface area contributed by atoms with Crippen LogP contribution in [0.2, 0.25) is 0 Å². The number of carbonyl (C=O) groups is 2. The van der Waals surface area contributed by atoms with E-state index < -0.39 is 0 Å². The Hall–Kier alpha value is -1.58. The van der Waals surface area contributed by atoms with Gasteiger partial charge in [0.05, 0.1) is 24.7 Å². The fraction of sp³-hybridized carbons (Fsp3) is 0.810. The maximum Gasteiger partial charge on any atom is 0.225 e. The smallest absolute Gasteiger partial charge is 0.225 e. The van der Waals surface area contributed by atoms with Crippen LogP contribution < -0.4 is 10.6 Å². The van der Waals surface area contributed by atoms with Gasteiger partial charge in [-0.3, -0.25) is 9.59 Å². The molecule has 0 heterocycles. The second kappa shape index (κ2) is 11.3. The van der Waals surface area contributed by atoms with Gasteiger partial charge in [-0.25, -0.2) is 0 Å². The van der Waals surface area contributed by atoms with Crippen LogP contribution in [-0.4, -0.2) is 50.8 Å². The van der Waals surface area contributed by atoms with E-state index in [-0.39, 0.29) is 42.5 Å². The van der Waals surface area contributed by atoms with Gasteiger partial charge in [-0.2, -0.15) is 0 Å². The Morgan fingerprint density at radius 3 is 2.52 bits per heavy atom. The number of rotatable bonds is 8. The fourth-order valence-corrected chi connectivity index (χ4v) is 4.46. The molecule has 5 unspecified atom stereocenters. The van der Waals surface area contributed by atoms with E-state index in [9.17, 15) is 9.59 Å². The summed E-state index contributed by atoms with van der Waals surface area (Å²) in [5, 5.41) is 5.86. The van der Waals surface area contributed by atoms with E-state index in [1.807, 2.05) is 0 Å². The molecule has 0 aromatic rings. The molecular formula is C21H34N2O4. The predicted molar refractivity (Wildman–Crippen MR) is 104 cm³/mol. The van der Waals surface area contributed by atoms with Gasteiger partial charge in [-0.15, -0.1) is 6.42 Å². The summed E-state index contributed by atoms with van der Waals surface area (Å²) in [5.74, 6) is 2.73. The number of carbonyl (C=O) groups excluding carboxylic acids is 2. The minimum absolute atomic E-state index is 0.0412. The van der Waals surface area contributed by atoms with Crippen LogP contribution in [-0.2, 0) is 19.1 Å². The second-order valence-electron chi connectivity index (χ2n) is 7.75. The molecule has 0 aromatic carbocycles. The Morgan fingerprint density at radius 1 is 1.07 bits per heavy atom. The first-order chi connectivity index (χ1) is 13.1. The Labute approximate surface area is 163 Å². The third-order valence-corrected chi connectivity index (χ3v) is 6.04. The summed E-state index contributed by atoms with van der Waals surface area (Å²) >= 11 is 0. The van der Waals surface area contributed by atoms with Crippen LogP contribution in [0, 0.1) is 24.2 Å². The van der Waals surface area contributed by atoms with Crippen LogP contribution in [0.1, 0.15) is 57.8 Å². The highest BCUT2D eigenvalue weighted by molar-refractivity contribution is 5.82. The molecule has 0 radical (unpaired) electrons. The van der Waals surface area contributed by atoms with Gasteiger partial charge in [0, 0.05) is 26.7 Å². The van der Waals surface area contributed by atoms with Crippen LogP contribution in [0.3, 0.4) is 0 Å². The molecule has 2 rings (SSSR count). The van der Waals surface area contributed by atoms with E-state index in [2.05, 4.69) is 16.6 Å². The maximum absolute atomic E-state index is 12.5. The maximum atomic E-state index is 12.5. The Balaban J connectivity index is 1.78. The van der Waals surface area contributed by atoms with Gasteiger partial charge < -0.3 is 20.1 Å². The van der Waals surface area contributed by atoms with Crippen molar-refractivity contribution >= 4 is 11.8 Å². The third-order valence-electron chi connectivity index (χ3n) is 6.04. The molecule has 6 nitrogen and oxygen atoms in total. The van der Waals surface area contributed by atoms with Crippen molar-refractivity contribution in [2.75, 3.05) is 20.8 Å². The average Bonchev–Trinajstić information content (AvgIpc) is 2.70. The molecule has 2 aliphatic carbocycles. The number of terminal acetylenes is 1. The quantitative estimate of drug-likeness (QED) is 0.634. The van der Waals surface area contributed by atoms with Crippen LogP contribution in [0.15, 0.2) is 0 Å². The molecule has 2 amide bonds. The standard InChI is InChI=1S/C21H34N2O4/c1-4-13-22-21(25)16-7-5-6-8-17(16)23-20(24)12-10-15-9-11-18(26-2)19(14-15)27-3/h1,15-19H,5-14H2,2-3H3,(H,22,25)(H,23,24). The highest BCUT2D eigenvalue weighted by atomic mass is 16.5. The summed E-state index contributed by atoms with van der Waals surface area (Å²) in [4.78, 5) is 24.8. The minimum atomic E-state index is -0.175. The number of hydrogen-bond acceptors (Lipinski definition) is 4. The molecule has 2 fully saturated rings. The van der Waals surface area contributed by atoms with E-state index in [1.165, 1.54) is 0 Å². The van der Waals surface area contributed by atoms with Crippen molar-refractivity contribution in [1.82, 2.24) is 10.6 Å². The topological polar surface area (TPSA) is 76.7 Å². The summed E-state index contributed by atoms with van der Waals surface area (Å²) in [6, 6.07) is -0.0834. The molecule has 2 aliphatic rings. The van der Waals surface area contributed by atoms with E-state index in [0.29, 0.717) is 12.3 Å². The summed E-state index contributed by atoms with van der Waals surface area (Å²) in [6.45, 7) is 0.237. The largest absolute Gasteiger partial charge is 0.379 e. The highest BCUT2D eigenvalue weighted by Crippen LogP contribution is 2.31. The van der Waals surface area contributed by atoms with E-state index in [1.54, 1.807) is 14.2 Å². The van der Waals surface area contributed by atoms with Crippen molar-refractivity contribution in [2.45, 2.75) is 76.0 Å². The van der Waals surface area contributed by atoms with Gasteiger partial charge >= 0.3 is 0 Å². The molecule has 0 saturated heterocycles.